The minimum atomic E-state index is -4.17. The second kappa shape index (κ2) is 8.92. The van der Waals surface area contributed by atoms with Crippen LogP contribution in [0.3, 0.4) is 0 Å². The molecule has 5 nitrogen and oxygen atoms in total. The van der Waals surface area contributed by atoms with Crippen LogP contribution in [0.25, 0.3) is 0 Å². The standard InChI is InChI=1S/C4H10O.C2H6O4S/c1-3-5-4-2;1-2-6-7(3,4)5/h3-4H2,1-2H3;2H2,1H3,(H,3,4,5). The zero-order valence-corrected chi connectivity index (χ0v) is 8.43. The van der Waals surface area contributed by atoms with Crippen LogP contribution in [-0.2, 0) is 19.3 Å². The fourth-order valence-electron chi connectivity index (χ4n) is 0.353. The molecule has 0 aliphatic carbocycles. The first-order valence-corrected chi connectivity index (χ1v) is 5.04. The highest BCUT2D eigenvalue weighted by Crippen LogP contribution is 1.81. The highest BCUT2D eigenvalue weighted by molar-refractivity contribution is 7.80. The van der Waals surface area contributed by atoms with Gasteiger partial charge in [-0.05, 0) is 20.8 Å². The van der Waals surface area contributed by atoms with Gasteiger partial charge in [0.05, 0.1) is 6.61 Å². The van der Waals surface area contributed by atoms with E-state index in [1.165, 1.54) is 6.92 Å². The molecule has 6 heteroatoms. The summed E-state index contributed by atoms with van der Waals surface area (Å²) in [4.78, 5) is 0. The van der Waals surface area contributed by atoms with E-state index in [0.717, 1.165) is 13.2 Å². The van der Waals surface area contributed by atoms with Gasteiger partial charge in [0, 0.05) is 13.2 Å². The van der Waals surface area contributed by atoms with Crippen LogP contribution in [0.4, 0.5) is 0 Å². The van der Waals surface area contributed by atoms with Gasteiger partial charge in [0.25, 0.3) is 0 Å². The van der Waals surface area contributed by atoms with Crippen molar-refractivity contribution in [2.45, 2.75) is 20.8 Å². The Kier molecular flexibility index (Phi) is 10.7. The Morgan fingerprint density at radius 1 is 1.08 bits per heavy atom. The van der Waals surface area contributed by atoms with Crippen molar-refractivity contribution in [3.05, 3.63) is 0 Å². The van der Waals surface area contributed by atoms with Crippen molar-refractivity contribution in [1.82, 2.24) is 0 Å². The zero-order chi connectivity index (χ0) is 10.0. The summed E-state index contributed by atoms with van der Waals surface area (Å²) in [6.07, 6.45) is 0. The molecule has 0 aliphatic rings. The highest BCUT2D eigenvalue weighted by atomic mass is 32.3. The Morgan fingerprint density at radius 2 is 1.50 bits per heavy atom. The second-order valence-electron chi connectivity index (χ2n) is 1.62. The molecule has 0 radical (unpaired) electrons. The Bertz CT molecular complexity index is 161. The third kappa shape index (κ3) is 22.5. The lowest BCUT2D eigenvalue weighted by Crippen LogP contribution is -2.01. The molecule has 1 N–H and O–H groups in total. The van der Waals surface area contributed by atoms with Gasteiger partial charge in [-0.1, -0.05) is 0 Å². The first-order chi connectivity index (χ1) is 5.47. The third-order valence-electron chi connectivity index (χ3n) is 0.675. The van der Waals surface area contributed by atoms with Gasteiger partial charge >= 0.3 is 10.4 Å². The van der Waals surface area contributed by atoms with Crippen LogP contribution >= 0.6 is 0 Å². The van der Waals surface area contributed by atoms with Crippen LogP contribution in [0, 0.1) is 0 Å². The molecule has 0 fully saturated rings. The summed E-state index contributed by atoms with van der Waals surface area (Å²) in [5.41, 5.74) is 0. The highest BCUT2D eigenvalue weighted by Gasteiger charge is 1.98. The summed E-state index contributed by atoms with van der Waals surface area (Å²) in [7, 11) is -4.17. The molecule has 0 aromatic heterocycles. The lowest BCUT2D eigenvalue weighted by Gasteiger charge is -1.88. The largest absolute Gasteiger partial charge is 0.397 e. The molecule has 0 heterocycles. The van der Waals surface area contributed by atoms with E-state index in [1.807, 2.05) is 13.8 Å². The van der Waals surface area contributed by atoms with Gasteiger partial charge in [0.2, 0.25) is 0 Å². The molecular weight excluding hydrogens is 184 g/mol. The van der Waals surface area contributed by atoms with Crippen molar-refractivity contribution < 1.29 is 21.9 Å². The van der Waals surface area contributed by atoms with E-state index in [2.05, 4.69) is 4.18 Å². The van der Waals surface area contributed by atoms with Crippen LogP contribution in [-0.4, -0.2) is 32.8 Å². The third-order valence-corrected chi connectivity index (χ3v) is 1.21. The monoisotopic (exact) mass is 200 g/mol. The van der Waals surface area contributed by atoms with Gasteiger partial charge in [-0.2, -0.15) is 8.42 Å². The van der Waals surface area contributed by atoms with Crippen molar-refractivity contribution in [3.8, 4) is 0 Å². The van der Waals surface area contributed by atoms with Crippen molar-refractivity contribution in [2.24, 2.45) is 0 Å². The molecular formula is C6H16O5S. The second-order valence-corrected chi connectivity index (χ2v) is 2.71. The van der Waals surface area contributed by atoms with Gasteiger partial charge in [-0.25, -0.2) is 4.18 Å². The van der Waals surface area contributed by atoms with Crippen LogP contribution in [0.5, 0.6) is 0 Å². The first-order valence-electron chi connectivity index (χ1n) is 3.67. The zero-order valence-electron chi connectivity index (χ0n) is 7.61. The van der Waals surface area contributed by atoms with Crippen molar-refractivity contribution in [2.75, 3.05) is 19.8 Å². The van der Waals surface area contributed by atoms with Gasteiger partial charge in [0.15, 0.2) is 0 Å². The number of hydrogen-bond donors (Lipinski definition) is 1. The minimum absolute atomic E-state index is 0.0289. The molecule has 0 aliphatic heterocycles. The summed E-state index contributed by atoms with van der Waals surface area (Å²) >= 11 is 0. The van der Waals surface area contributed by atoms with E-state index in [9.17, 15) is 8.42 Å². The van der Waals surface area contributed by atoms with Gasteiger partial charge in [0.1, 0.15) is 0 Å². The Labute approximate surface area is 73.6 Å². The molecule has 0 aromatic rings. The molecule has 0 aromatic carbocycles. The number of ether oxygens (including phenoxy) is 1. The topological polar surface area (TPSA) is 72.8 Å². The normalized spacial score (nSPS) is 10.3. The fourth-order valence-corrected chi connectivity index (χ4v) is 0.651. The van der Waals surface area contributed by atoms with E-state index in [4.69, 9.17) is 9.29 Å². The van der Waals surface area contributed by atoms with E-state index in [-0.39, 0.29) is 6.61 Å². The maximum absolute atomic E-state index is 9.56. The molecule has 0 rings (SSSR count). The smallest absolute Gasteiger partial charge is 0.382 e. The molecule has 0 atom stereocenters. The van der Waals surface area contributed by atoms with E-state index >= 15 is 0 Å². The molecule has 12 heavy (non-hydrogen) atoms. The lowest BCUT2D eigenvalue weighted by molar-refractivity contribution is 0.162. The van der Waals surface area contributed by atoms with Gasteiger partial charge < -0.3 is 4.74 Å². The molecule has 0 spiro atoms. The predicted octanol–water partition coefficient (Wildman–Crippen LogP) is 0.869. The first kappa shape index (κ1) is 14.4. The average molecular weight is 200 g/mol. The molecule has 76 valence electrons. The van der Waals surface area contributed by atoms with E-state index in [0.29, 0.717) is 0 Å². The van der Waals surface area contributed by atoms with Crippen LogP contribution in [0.2, 0.25) is 0 Å². The average Bonchev–Trinajstić information content (AvgIpc) is 1.87. The number of rotatable bonds is 4. The maximum Gasteiger partial charge on any atom is 0.397 e. The molecule has 0 bridgehead atoms. The maximum atomic E-state index is 9.56. The summed E-state index contributed by atoms with van der Waals surface area (Å²) < 4.78 is 35.5. The Hall–Kier alpha value is -0.170. The van der Waals surface area contributed by atoms with Crippen LogP contribution < -0.4 is 0 Å². The molecule has 0 amide bonds. The fraction of sp³-hybridized carbons (Fsp3) is 1.00. The SMILES string of the molecule is CCOCC.CCOS(=O)(=O)O. The number of hydrogen-bond acceptors (Lipinski definition) is 4. The van der Waals surface area contributed by atoms with Crippen LogP contribution in [0.1, 0.15) is 20.8 Å². The van der Waals surface area contributed by atoms with Gasteiger partial charge in [-0.3, -0.25) is 4.55 Å². The van der Waals surface area contributed by atoms with Crippen molar-refractivity contribution in [3.63, 3.8) is 0 Å². The molecule has 0 unspecified atom stereocenters. The van der Waals surface area contributed by atoms with Crippen molar-refractivity contribution >= 4 is 10.4 Å². The van der Waals surface area contributed by atoms with Gasteiger partial charge in [-0.15, -0.1) is 0 Å². The molecule has 0 saturated heterocycles. The quantitative estimate of drug-likeness (QED) is 0.681. The Morgan fingerprint density at radius 3 is 1.50 bits per heavy atom. The van der Waals surface area contributed by atoms with Crippen molar-refractivity contribution in [1.29, 1.82) is 0 Å². The summed E-state index contributed by atoms with van der Waals surface area (Å²) in [6.45, 7) is 7.10. The molecule has 0 saturated carbocycles. The minimum Gasteiger partial charge on any atom is -0.382 e. The summed E-state index contributed by atoms with van der Waals surface area (Å²) in [5.74, 6) is 0. The Balaban J connectivity index is 0. The van der Waals surface area contributed by atoms with E-state index < -0.39 is 10.4 Å². The summed E-state index contributed by atoms with van der Waals surface area (Å²) in [6, 6.07) is 0. The lowest BCUT2D eigenvalue weighted by atomic mass is 10.8. The summed E-state index contributed by atoms with van der Waals surface area (Å²) in [5, 5.41) is 0. The predicted molar refractivity (Wildman–Crippen MR) is 45.3 cm³/mol. The van der Waals surface area contributed by atoms with Crippen LogP contribution in [0.15, 0.2) is 0 Å². The van der Waals surface area contributed by atoms with E-state index in [1.54, 1.807) is 0 Å².